The second kappa shape index (κ2) is 56.8. The number of nitrogens with one attached hydrogen (secondary N) is 1. The Balaban J connectivity index is 4.46. The van der Waals surface area contributed by atoms with Crippen molar-refractivity contribution < 1.29 is 24.5 Å². The highest BCUT2D eigenvalue weighted by Gasteiger charge is 2.24. The standard InChI is InChI=1S/C62H123NO5/c1-4-7-10-13-16-19-22-25-28-30-31-34-37-40-43-46-49-52-55-62(67)68-58(53-50-47-44-41-38-35-33-29-26-23-20-17-14-11-8-5-2)56-61(66)63-59(57-64)60(65)54-51-48-45-42-39-36-32-27-24-21-18-15-12-9-6-3/h58-60,64-65H,4-57H2,1-3H3,(H,63,66). The minimum atomic E-state index is -0.781. The fraction of sp³-hybridized carbons (Fsp3) is 0.968. The van der Waals surface area contributed by atoms with Gasteiger partial charge in [-0.15, -0.1) is 0 Å². The Hall–Kier alpha value is -1.14. The molecule has 406 valence electrons. The van der Waals surface area contributed by atoms with E-state index in [1.807, 2.05) is 0 Å². The number of unbranched alkanes of at least 4 members (excludes halogenated alkanes) is 46. The average molecular weight is 963 g/mol. The van der Waals surface area contributed by atoms with Crippen LogP contribution >= 0.6 is 0 Å². The quantitative estimate of drug-likeness (QED) is 0.0417. The molecule has 3 atom stereocenters. The van der Waals surface area contributed by atoms with E-state index in [-0.39, 0.29) is 24.9 Å². The van der Waals surface area contributed by atoms with E-state index in [2.05, 4.69) is 26.1 Å². The second-order valence-corrected chi connectivity index (χ2v) is 21.8. The maximum Gasteiger partial charge on any atom is 0.306 e. The number of carbonyl (C=O) groups excluding carboxylic acids is 2. The van der Waals surface area contributed by atoms with Crippen molar-refractivity contribution in [1.29, 1.82) is 0 Å². The van der Waals surface area contributed by atoms with E-state index >= 15 is 0 Å². The molecule has 0 bridgehead atoms. The van der Waals surface area contributed by atoms with Crippen LogP contribution in [-0.2, 0) is 14.3 Å². The first-order chi connectivity index (χ1) is 33.5. The lowest BCUT2D eigenvalue weighted by atomic mass is 10.0. The lowest BCUT2D eigenvalue weighted by Gasteiger charge is -2.24. The van der Waals surface area contributed by atoms with Crippen LogP contribution in [0, 0.1) is 0 Å². The second-order valence-electron chi connectivity index (χ2n) is 21.8. The summed E-state index contributed by atoms with van der Waals surface area (Å²) < 4.78 is 5.99. The van der Waals surface area contributed by atoms with Gasteiger partial charge in [0.05, 0.1) is 25.2 Å². The topological polar surface area (TPSA) is 95.9 Å². The molecule has 0 heterocycles. The number of hydrogen-bond donors (Lipinski definition) is 3. The Morgan fingerprint density at radius 2 is 0.618 bits per heavy atom. The maximum absolute atomic E-state index is 13.3. The van der Waals surface area contributed by atoms with Gasteiger partial charge < -0.3 is 20.3 Å². The van der Waals surface area contributed by atoms with Crippen LogP contribution in [0.3, 0.4) is 0 Å². The van der Waals surface area contributed by atoms with Crippen molar-refractivity contribution in [3.63, 3.8) is 0 Å². The van der Waals surface area contributed by atoms with Gasteiger partial charge in [0.25, 0.3) is 0 Å². The highest BCUT2D eigenvalue weighted by molar-refractivity contribution is 5.77. The number of amides is 1. The summed E-state index contributed by atoms with van der Waals surface area (Å²) in [6, 6.07) is -0.694. The molecule has 0 aromatic carbocycles. The zero-order valence-corrected chi connectivity index (χ0v) is 46.5. The summed E-state index contributed by atoms with van der Waals surface area (Å²) in [5, 5.41) is 24.0. The number of aliphatic hydroxyl groups excluding tert-OH is 2. The van der Waals surface area contributed by atoms with Gasteiger partial charge in [-0.05, 0) is 25.7 Å². The van der Waals surface area contributed by atoms with Gasteiger partial charge in [-0.2, -0.15) is 0 Å². The van der Waals surface area contributed by atoms with Gasteiger partial charge in [-0.25, -0.2) is 0 Å². The van der Waals surface area contributed by atoms with E-state index < -0.39 is 18.2 Å². The van der Waals surface area contributed by atoms with E-state index in [0.717, 1.165) is 38.5 Å². The molecule has 1 amide bonds. The van der Waals surface area contributed by atoms with E-state index in [1.165, 1.54) is 276 Å². The molecule has 6 heteroatoms. The first-order valence-corrected chi connectivity index (χ1v) is 31.3. The molecular weight excluding hydrogens is 839 g/mol. The zero-order valence-electron chi connectivity index (χ0n) is 46.5. The Morgan fingerprint density at radius 3 is 0.897 bits per heavy atom. The number of hydrogen-bond acceptors (Lipinski definition) is 5. The van der Waals surface area contributed by atoms with Gasteiger partial charge in [0.2, 0.25) is 5.91 Å². The van der Waals surface area contributed by atoms with E-state index in [0.29, 0.717) is 19.3 Å². The maximum atomic E-state index is 13.3. The highest BCUT2D eigenvalue weighted by Crippen LogP contribution is 2.20. The Morgan fingerprint density at radius 1 is 0.368 bits per heavy atom. The Labute approximate surface area is 426 Å². The predicted octanol–water partition coefficient (Wildman–Crippen LogP) is 19.5. The van der Waals surface area contributed by atoms with E-state index in [4.69, 9.17) is 4.74 Å². The number of esters is 1. The van der Waals surface area contributed by atoms with Crippen LogP contribution in [0.25, 0.3) is 0 Å². The summed E-state index contributed by atoms with van der Waals surface area (Å²) in [6.07, 6.45) is 64.6. The zero-order chi connectivity index (χ0) is 49.5. The van der Waals surface area contributed by atoms with Crippen molar-refractivity contribution >= 4 is 11.9 Å². The summed E-state index contributed by atoms with van der Waals surface area (Å²) in [5.41, 5.74) is 0. The first kappa shape index (κ1) is 66.9. The molecule has 3 unspecified atom stereocenters. The molecule has 0 aromatic heterocycles. The normalized spacial score (nSPS) is 13.0. The van der Waals surface area contributed by atoms with Gasteiger partial charge in [-0.1, -0.05) is 323 Å². The third-order valence-corrected chi connectivity index (χ3v) is 14.9. The van der Waals surface area contributed by atoms with Gasteiger partial charge in [0.1, 0.15) is 6.10 Å². The van der Waals surface area contributed by atoms with Crippen molar-refractivity contribution in [1.82, 2.24) is 5.32 Å². The summed E-state index contributed by atoms with van der Waals surface area (Å²) in [5.74, 6) is -0.440. The minimum absolute atomic E-state index is 0.0891. The van der Waals surface area contributed by atoms with Crippen LogP contribution in [0.2, 0.25) is 0 Å². The molecular formula is C62H123NO5. The van der Waals surface area contributed by atoms with Crippen LogP contribution in [-0.4, -0.2) is 46.9 Å². The number of rotatable bonds is 58. The summed E-state index contributed by atoms with van der Waals surface area (Å²) in [4.78, 5) is 26.4. The summed E-state index contributed by atoms with van der Waals surface area (Å²) in [6.45, 7) is 6.55. The largest absolute Gasteiger partial charge is 0.462 e. The molecule has 0 fully saturated rings. The SMILES string of the molecule is CCCCCCCCCCCCCCCCCCCCC(=O)OC(CCCCCCCCCCCCCCCCCC)CC(=O)NC(CO)C(O)CCCCCCCCCCCCCCCCC. The van der Waals surface area contributed by atoms with Crippen LogP contribution in [0.1, 0.15) is 361 Å². The number of carbonyl (C=O) groups is 2. The third-order valence-electron chi connectivity index (χ3n) is 14.9. The molecule has 0 radical (unpaired) electrons. The summed E-state index contributed by atoms with van der Waals surface area (Å²) >= 11 is 0. The van der Waals surface area contributed by atoms with Gasteiger partial charge in [0.15, 0.2) is 0 Å². The van der Waals surface area contributed by atoms with Crippen molar-refractivity contribution in [2.24, 2.45) is 0 Å². The fourth-order valence-corrected chi connectivity index (χ4v) is 10.2. The Kier molecular flexibility index (Phi) is 55.8. The molecule has 0 aliphatic rings. The van der Waals surface area contributed by atoms with E-state index in [1.54, 1.807) is 0 Å². The molecule has 0 aromatic rings. The fourth-order valence-electron chi connectivity index (χ4n) is 10.2. The van der Waals surface area contributed by atoms with Crippen molar-refractivity contribution in [3.8, 4) is 0 Å². The third kappa shape index (κ3) is 51.2. The molecule has 0 rings (SSSR count). The van der Waals surface area contributed by atoms with Crippen LogP contribution in [0.5, 0.6) is 0 Å². The van der Waals surface area contributed by atoms with Crippen LogP contribution in [0.4, 0.5) is 0 Å². The monoisotopic (exact) mass is 962 g/mol. The van der Waals surface area contributed by atoms with Gasteiger partial charge >= 0.3 is 5.97 Å². The summed E-state index contributed by atoms with van der Waals surface area (Å²) in [7, 11) is 0. The molecule has 68 heavy (non-hydrogen) atoms. The predicted molar refractivity (Wildman–Crippen MR) is 297 cm³/mol. The molecule has 0 aliphatic heterocycles. The molecule has 3 N–H and O–H groups in total. The van der Waals surface area contributed by atoms with Crippen molar-refractivity contribution in [3.05, 3.63) is 0 Å². The molecule has 0 saturated heterocycles. The molecule has 0 spiro atoms. The molecule has 0 saturated carbocycles. The molecule has 6 nitrogen and oxygen atoms in total. The van der Waals surface area contributed by atoms with Gasteiger partial charge in [0, 0.05) is 6.42 Å². The van der Waals surface area contributed by atoms with Crippen molar-refractivity contribution in [2.45, 2.75) is 379 Å². The Bertz CT molecular complexity index is 990. The number of ether oxygens (including phenoxy) is 1. The molecule has 0 aliphatic carbocycles. The van der Waals surface area contributed by atoms with Crippen molar-refractivity contribution in [2.75, 3.05) is 6.61 Å². The lowest BCUT2D eigenvalue weighted by molar-refractivity contribution is -0.151. The van der Waals surface area contributed by atoms with Crippen LogP contribution < -0.4 is 5.32 Å². The lowest BCUT2D eigenvalue weighted by Crippen LogP contribution is -2.46. The first-order valence-electron chi connectivity index (χ1n) is 31.3. The van der Waals surface area contributed by atoms with Gasteiger partial charge in [-0.3, -0.25) is 9.59 Å². The van der Waals surface area contributed by atoms with Crippen LogP contribution in [0.15, 0.2) is 0 Å². The highest BCUT2D eigenvalue weighted by atomic mass is 16.5. The number of aliphatic hydroxyl groups is 2. The van der Waals surface area contributed by atoms with E-state index in [9.17, 15) is 19.8 Å². The average Bonchev–Trinajstić information content (AvgIpc) is 3.33. The smallest absolute Gasteiger partial charge is 0.306 e. The minimum Gasteiger partial charge on any atom is -0.462 e.